The Morgan fingerprint density at radius 2 is 1.81 bits per heavy atom. The molecule has 0 unspecified atom stereocenters. The molecule has 5 aliphatic rings. The van der Waals surface area contributed by atoms with Crippen molar-refractivity contribution in [1.29, 1.82) is 0 Å². The van der Waals surface area contributed by atoms with Crippen molar-refractivity contribution in [2.24, 2.45) is 0 Å². The number of pyridine rings is 1. The van der Waals surface area contributed by atoms with Gasteiger partial charge in [0.1, 0.15) is 11.9 Å². The van der Waals surface area contributed by atoms with E-state index in [1.165, 1.54) is 7.11 Å². The van der Waals surface area contributed by atoms with Gasteiger partial charge in [0.2, 0.25) is 11.8 Å². The Morgan fingerprint density at radius 1 is 1.02 bits per heavy atom. The largest absolute Gasteiger partial charge is 0.493 e. The summed E-state index contributed by atoms with van der Waals surface area (Å²) in [6, 6.07) is 16.4. The summed E-state index contributed by atoms with van der Waals surface area (Å²) in [7, 11) is 1.53. The Morgan fingerprint density at radius 3 is 2.60 bits per heavy atom. The Bertz CT molecular complexity index is 1380. The van der Waals surface area contributed by atoms with E-state index in [4.69, 9.17) is 14.2 Å². The zero-order valence-corrected chi connectivity index (χ0v) is 23.7. The molecule has 0 aliphatic carbocycles. The van der Waals surface area contributed by atoms with Crippen LogP contribution in [-0.4, -0.2) is 66.6 Å². The summed E-state index contributed by atoms with van der Waals surface area (Å²) in [5, 5.41) is 6.01. The standard InChI is InChI=1S/C32H36N4O6/c1-40-29-18-23-4-9-28(29)41-21-31(38)35-26-20-36(32(39)11-6-22-12-15-33-16-13-22)17-14-27(26)42-25-7-2-24(3-8-25)19-34-30(37)10-5-23/h2-4,7-9,12-13,15-16,18,26-27H,5-6,10-11,14,17,19-21H2,1H3,(H,34,37)(H,35,38)/t26-,27-/m1/s1. The van der Waals surface area contributed by atoms with Crippen LogP contribution >= 0.6 is 0 Å². The molecule has 2 aromatic carbocycles. The molecule has 3 amide bonds. The number of hydrogen-bond donors (Lipinski definition) is 2. The number of rotatable bonds is 4. The minimum absolute atomic E-state index is 0.0263. The van der Waals surface area contributed by atoms with Crippen LogP contribution in [0.2, 0.25) is 0 Å². The third-order valence-corrected chi connectivity index (χ3v) is 7.55. The zero-order valence-electron chi connectivity index (χ0n) is 23.7. The van der Waals surface area contributed by atoms with Crippen LogP contribution < -0.4 is 24.8 Å². The van der Waals surface area contributed by atoms with E-state index in [1.54, 1.807) is 23.4 Å². The minimum atomic E-state index is -0.437. The highest BCUT2D eigenvalue weighted by Crippen LogP contribution is 2.29. The van der Waals surface area contributed by atoms with Gasteiger partial charge >= 0.3 is 0 Å². The van der Waals surface area contributed by atoms with Crippen LogP contribution in [0.4, 0.5) is 0 Å². The average molecular weight is 573 g/mol. The summed E-state index contributed by atoms with van der Waals surface area (Å²) in [5.74, 6) is 1.22. The molecule has 0 spiro atoms. The molecule has 1 aromatic heterocycles. The smallest absolute Gasteiger partial charge is 0.258 e. The van der Waals surface area contributed by atoms with Crippen LogP contribution in [0.15, 0.2) is 67.0 Å². The lowest BCUT2D eigenvalue weighted by molar-refractivity contribution is -0.135. The normalized spacial score (nSPS) is 19.5. The van der Waals surface area contributed by atoms with E-state index in [-0.39, 0.29) is 30.4 Å². The molecule has 0 radical (unpaired) electrons. The molecule has 2 atom stereocenters. The number of aromatic nitrogens is 1. The van der Waals surface area contributed by atoms with Gasteiger partial charge in [-0.25, -0.2) is 0 Å². The van der Waals surface area contributed by atoms with Crippen LogP contribution in [-0.2, 0) is 33.8 Å². The number of piperidine rings is 1. The van der Waals surface area contributed by atoms with Crippen LogP contribution in [0.25, 0.3) is 0 Å². The Kier molecular flexibility index (Phi) is 9.53. The maximum Gasteiger partial charge on any atom is 0.258 e. The number of nitrogens with zero attached hydrogens (tertiary/aromatic N) is 2. The number of hydrogen-bond acceptors (Lipinski definition) is 7. The lowest BCUT2D eigenvalue weighted by Crippen LogP contribution is -2.58. The third-order valence-electron chi connectivity index (χ3n) is 7.55. The number of aryl methyl sites for hydroxylation is 2. The number of likely N-dealkylation sites (tertiary alicyclic amines) is 1. The van der Waals surface area contributed by atoms with E-state index in [9.17, 15) is 14.4 Å². The van der Waals surface area contributed by atoms with Crippen molar-refractivity contribution in [3.05, 3.63) is 83.7 Å². The number of carbonyl (C=O) groups excluding carboxylic acids is 3. The Hall–Kier alpha value is -4.60. The second kappa shape index (κ2) is 13.8. The second-order valence-corrected chi connectivity index (χ2v) is 10.5. The molecule has 1 fully saturated rings. The molecule has 2 N–H and O–H groups in total. The van der Waals surface area contributed by atoms with Crippen molar-refractivity contribution in [3.8, 4) is 17.2 Å². The fourth-order valence-electron chi connectivity index (χ4n) is 5.18. The van der Waals surface area contributed by atoms with Crippen molar-refractivity contribution >= 4 is 17.7 Å². The van der Waals surface area contributed by atoms with Crippen molar-refractivity contribution in [1.82, 2.24) is 20.5 Å². The third kappa shape index (κ3) is 7.78. The van der Waals surface area contributed by atoms with Gasteiger partial charge in [-0.05, 0) is 65.9 Å². The molecule has 8 rings (SSSR count). The average Bonchev–Trinajstić information content (AvgIpc) is 3.02. The van der Waals surface area contributed by atoms with Crippen molar-refractivity contribution in [2.75, 3.05) is 26.8 Å². The highest BCUT2D eigenvalue weighted by atomic mass is 16.5. The van der Waals surface area contributed by atoms with E-state index >= 15 is 0 Å². The highest BCUT2D eigenvalue weighted by Gasteiger charge is 2.34. The fourth-order valence-corrected chi connectivity index (χ4v) is 5.18. The lowest BCUT2D eigenvalue weighted by atomic mass is 10.0. The summed E-state index contributed by atoms with van der Waals surface area (Å²) in [6.45, 7) is 1.03. The number of benzene rings is 2. The monoisotopic (exact) mass is 572 g/mol. The maximum absolute atomic E-state index is 13.1. The van der Waals surface area contributed by atoms with Gasteiger partial charge < -0.3 is 29.7 Å². The number of nitrogens with one attached hydrogen (secondary N) is 2. The Labute approximate surface area is 245 Å². The first-order valence-corrected chi connectivity index (χ1v) is 14.2. The molecule has 0 saturated carbocycles. The molecule has 5 aliphatic heterocycles. The number of amides is 3. The van der Waals surface area contributed by atoms with Gasteiger partial charge in [0, 0.05) is 51.3 Å². The predicted molar refractivity (Wildman–Crippen MR) is 155 cm³/mol. The Balaban J connectivity index is 1.32. The zero-order chi connectivity index (χ0) is 29.3. The fraction of sp³-hybridized carbons (Fsp3) is 0.375. The molecule has 6 heterocycles. The first kappa shape index (κ1) is 28.9. The summed E-state index contributed by atoms with van der Waals surface area (Å²) in [4.78, 5) is 44.5. The van der Waals surface area contributed by atoms with E-state index in [1.807, 2.05) is 48.5 Å². The lowest BCUT2D eigenvalue weighted by Gasteiger charge is -2.39. The molecule has 42 heavy (non-hydrogen) atoms. The summed E-state index contributed by atoms with van der Waals surface area (Å²) in [5.41, 5.74) is 2.93. The quantitative estimate of drug-likeness (QED) is 0.494. The van der Waals surface area contributed by atoms with Gasteiger partial charge in [0.05, 0.1) is 13.2 Å². The first-order chi connectivity index (χ1) is 20.5. The van der Waals surface area contributed by atoms with Crippen LogP contribution in [0.1, 0.15) is 36.0 Å². The molecular weight excluding hydrogens is 536 g/mol. The minimum Gasteiger partial charge on any atom is -0.493 e. The van der Waals surface area contributed by atoms with E-state index in [0.717, 1.165) is 16.7 Å². The predicted octanol–water partition coefficient (Wildman–Crippen LogP) is 2.83. The van der Waals surface area contributed by atoms with Gasteiger partial charge in [-0.3, -0.25) is 19.4 Å². The number of carbonyl (C=O) groups is 3. The van der Waals surface area contributed by atoms with E-state index in [2.05, 4.69) is 15.6 Å². The summed E-state index contributed by atoms with van der Waals surface area (Å²) >= 11 is 0. The molecule has 4 bridgehead atoms. The molecule has 220 valence electrons. The molecule has 10 heteroatoms. The van der Waals surface area contributed by atoms with Gasteiger partial charge in [0.25, 0.3) is 5.91 Å². The number of methoxy groups -OCH3 is 1. The van der Waals surface area contributed by atoms with Gasteiger partial charge in [-0.1, -0.05) is 18.2 Å². The van der Waals surface area contributed by atoms with Gasteiger partial charge in [-0.15, -0.1) is 0 Å². The summed E-state index contributed by atoms with van der Waals surface area (Å²) in [6.07, 6.45) is 5.51. The molecular formula is C32H36N4O6. The topological polar surface area (TPSA) is 119 Å². The molecule has 1 saturated heterocycles. The van der Waals surface area contributed by atoms with Gasteiger partial charge in [0.15, 0.2) is 18.1 Å². The molecule has 3 aromatic rings. The highest BCUT2D eigenvalue weighted by molar-refractivity contribution is 5.79. The second-order valence-electron chi connectivity index (χ2n) is 10.5. The first-order valence-electron chi connectivity index (χ1n) is 14.2. The van der Waals surface area contributed by atoms with E-state index in [0.29, 0.717) is 69.0 Å². The maximum atomic E-state index is 13.1. The van der Waals surface area contributed by atoms with Crippen LogP contribution in [0.3, 0.4) is 0 Å². The molecule has 10 nitrogen and oxygen atoms in total. The van der Waals surface area contributed by atoms with Crippen molar-refractivity contribution in [2.45, 2.75) is 50.8 Å². The van der Waals surface area contributed by atoms with Crippen molar-refractivity contribution in [3.63, 3.8) is 0 Å². The van der Waals surface area contributed by atoms with E-state index < -0.39 is 6.04 Å². The summed E-state index contributed by atoms with van der Waals surface area (Å²) < 4.78 is 17.6. The van der Waals surface area contributed by atoms with Crippen LogP contribution in [0.5, 0.6) is 17.2 Å². The van der Waals surface area contributed by atoms with Crippen molar-refractivity contribution < 1.29 is 28.6 Å². The SMILES string of the molecule is COc1cc2ccc1OCC(=O)N[C@@H]1CN(C(=O)CCc3ccncc3)CC[C@H]1Oc1ccc(cc1)CNC(=O)CC2. The number of ether oxygens (including phenoxy) is 3. The van der Waals surface area contributed by atoms with Gasteiger partial charge in [-0.2, -0.15) is 0 Å². The van der Waals surface area contributed by atoms with Crippen LogP contribution in [0, 0.1) is 0 Å².